The van der Waals surface area contributed by atoms with Crippen molar-refractivity contribution in [3.05, 3.63) is 58.7 Å². The third-order valence-corrected chi connectivity index (χ3v) is 6.60. The monoisotopic (exact) mass is 454 g/mol. The van der Waals surface area contributed by atoms with Gasteiger partial charge in [0.2, 0.25) is 0 Å². The molecule has 0 aliphatic carbocycles. The average Bonchev–Trinajstić information content (AvgIpc) is 2.59. The molecule has 3 nitrogen and oxygen atoms in total. The van der Waals surface area contributed by atoms with E-state index < -0.39 is 0 Å². The first-order chi connectivity index (χ1) is 11.4. The normalized spacial score (nSPS) is 13.2. The molecule has 5 heteroatoms. The Labute approximate surface area is 159 Å². The maximum Gasteiger partial charge on any atom is 0.177 e. The van der Waals surface area contributed by atoms with E-state index in [-0.39, 0.29) is 15.4 Å². The molecule has 0 spiro atoms. The van der Waals surface area contributed by atoms with Crippen molar-refractivity contribution in [3.63, 3.8) is 0 Å². The van der Waals surface area contributed by atoms with Gasteiger partial charge in [-0.1, -0.05) is 31.9 Å². The number of carbonyl (C=O) groups excluding carboxylic acids is 1. The minimum Gasteiger partial charge on any atom is -0.497 e. The lowest BCUT2D eigenvalue weighted by atomic mass is 9.95. The molecule has 0 aliphatic heterocycles. The van der Waals surface area contributed by atoms with E-state index in [1.165, 1.54) is 0 Å². The molecule has 0 saturated heterocycles. The first kappa shape index (κ1) is 19.0. The van der Waals surface area contributed by atoms with Crippen LogP contribution in [0.3, 0.4) is 0 Å². The number of alkyl halides is 2. The van der Waals surface area contributed by atoms with Crippen LogP contribution in [0.5, 0.6) is 11.5 Å². The summed E-state index contributed by atoms with van der Waals surface area (Å²) < 4.78 is 10.4. The Hall–Kier alpha value is -1.33. The molecular formula is C19H20Br2O3. The summed E-state index contributed by atoms with van der Waals surface area (Å²) in [5.41, 5.74) is 3.91. The number of aryl methyl sites for hydroxylation is 2. The van der Waals surface area contributed by atoms with Crippen LogP contribution in [0.1, 0.15) is 31.9 Å². The van der Waals surface area contributed by atoms with Crippen LogP contribution in [0.2, 0.25) is 0 Å². The molecule has 0 radical (unpaired) electrons. The molecule has 0 N–H and O–H groups in total. The Kier molecular flexibility index (Phi) is 6.47. The van der Waals surface area contributed by atoms with E-state index in [0.29, 0.717) is 5.56 Å². The number of ether oxygens (including phenoxy) is 2. The van der Waals surface area contributed by atoms with Gasteiger partial charge < -0.3 is 9.47 Å². The van der Waals surface area contributed by atoms with Crippen molar-refractivity contribution in [1.29, 1.82) is 0 Å². The summed E-state index contributed by atoms with van der Waals surface area (Å²) in [6.45, 7) is 4.05. The molecule has 2 aromatic carbocycles. The van der Waals surface area contributed by atoms with Gasteiger partial charge in [0, 0.05) is 5.56 Å². The standard InChI is InChI=1S/C19H20Br2O3/c1-11-9-15(24-4)10-12(2)16(11)17(20)18(21)19(22)13-5-7-14(23-3)8-6-13/h5-10,17-18H,1-4H3/t17-,18+/m0/s1. The zero-order valence-corrected chi connectivity index (χ0v) is 17.3. The highest BCUT2D eigenvalue weighted by Gasteiger charge is 2.28. The number of hydrogen-bond acceptors (Lipinski definition) is 3. The van der Waals surface area contributed by atoms with Crippen molar-refractivity contribution in [2.45, 2.75) is 23.5 Å². The third kappa shape index (κ3) is 4.01. The molecule has 0 aliphatic rings. The number of halogens is 2. The van der Waals surface area contributed by atoms with E-state index in [0.717, 1.165) is 28.2 Å². The Morgan fingerprint density at radius 2 is 1.42 bits per heavy atom. The topological polar surface area (TPSA) is 35.5 Å². The molecular weight excluding hydrogens is 436 g/mol. The van der Waals surface area contributed by atoms with E-state index in [1.807, 2.05) is 26.0 Å². The lowest BCUT2D eigenvalue weighted by Gasteiger charge is -2.21. The maximum absolute atomic E-state index is 12.8. The van der Waals surface area contributed by atoms with Crippen molar-refractivity contribution in [2.75, 3.05) is 14.2 Å². The molecule has 0 unspecified atom stereocenters. The highest BCUT2D eigenvalue weighted by atomic mass is 79.9. The fourth-order valence-corrected chi connectivity index (χ4v) is 4.17. The molecule has 2 aromatic rings. The van der Waals surface area contributed by atoms with Gasteiger partial charge in [-0.25, -0.2) is 0 Å². The Balaban J connectivity index is 2.28. The van der Waals surface area contributed by atoms with Gasteiger partial charge in [0.1, 0.15) is 11.5 Å². The molecule has 0 saturated carbocycles. The first-order valence-corrected chi connectivity index (χ1v) is 9.33. The quantitative estimate of drug-likeness (QED) is 0.431. The first-order valence-electron chi connectivity index (χ1n) is 7.50. The Bertz CT molecular complexity index is 703. The minimum atomic E-state index is -0.378. The smallest absolute Gasteiger partial charge is 0.177 e. The van der Waals surface area contributed by atoms with E-state index in [2.05, 4.69) is 31.9 Å². The van der Waals surface area contributed by atoms with Crippen molar-refractivity contribution in [3.8, 4) is 11.5 Å². The van der Waals surface area contributed by atoms with Crippen LogP contribution in [0.4, 0.5) is 0 Å². The number of rotatable bonds is 6. The molecule has 0 amide bonds. The Morgan fingerprint density at radius 1 is 0.917 bits per heavy atom. The second-order valence-corrected chi connectivity index (χ2v) is 7.54. The third-order valence-electron chi connectivity index (χ3n) is 3.96. The minimum absolute atomic E-state index is 0.0224. The number of benzene rings is 2. The van der Waals surface area contributed by atoms with Gasteiger partial charge in [-0.05, 0) is 66.9 Å². The molecule has 2 rings (SSSR count). The summed E-state index contributed by atoms with van der Waals surface area (Å²) in [7, 11) is 3.26. The number of hydrogen-bond donors (Lipinski definition) is 0. The lowest BCUT2D eigenvalue weighted by Crippen LogP contribution is -2.20. The van der Waals surface area contributed by atoms with Gasteiger partial charge in [-0.15, -0.1) is 0 Å². The van der Waals surface area contributed by atoms with E-state index >= 15 is 0 Å². The van der Waals surface area contributed by atoms with Crippen LogP contribution in [0.25, 0.3) is 0 Å². The number of ketones is 1. The zero-order chi connectivity index (χ0) is 17.9. The van der Waals surface area contributed by atoms with Crippen LogP contribution >= 0.6 is 31.9 Å². The highest BCUT2D eigenvalue weighted by molar-refractivity contribution is 9.12. The molecule has 0 bridgehead atoms. The molecule has 0 aromatic heterocycles. The number of carbonyl (C=O) groups is 1. The summed E-state index contributed by atoms with van der Waals surface area (Å²) in [5.74, 6) is 1.57. The highest BCUT2D eigenvalue weighted by Crippen LogP contribution is 2.38. The second kappa shape index (κ2) is 8.17. The Morgan fingerprint density at radius 3 is 1.88 bits per heavy atom. The van der Waals surface area contributed by atoms with Crippen molar-refractivity contribution < 1.29 is 14.3 Å². The fraction of sp³-hybridized carbons (Fsp3) is 0.316. The van der Waals surface area contributed by atoms with E-state index in [4.69, 9.17) is 9.47 Å². The van der Waals surface area contributed by atoms with Crippen LogP contribution in [0, 0.1) is 13.8 Å². The van der Waals surface area contributed by atoms with Gasteiger partial charge in [0.05, 0.1) is 23.9 Å². The van der Waals surface area contributed by atoms with E-state index in [9.17, 15) is 4.79 Å². The van der Waals surface area contributed by atoms with Crippen LogP contribution in [0.15, 0.2) is 36.4 Å². The van der Waals surface area contributed by atoms with Gasteiger partial charge in [-0.2, -0.15) is 0 Å². The summed E-state index contributed by atoms with van der Waals surface area (Å²) in [6.07, 6.45) is 0. The van der Waals surface area contributed by atoms with Crippen LogP contribution < -0.4 is 9.47 Å². The molecule has 128 valence electrons. The van der Waals surface area contributed by atoms with Crippen LogP contribution in [-0.4, -0.2) is 24.8 Å². The summed E-state index contributed by atoms with van der Waals surface area (Å²) in [4.78, 5) is 12.2. The van der Waals surface area contributed by atoms with Crippen molar-refractivity contribution >= 4 is 37.6 Å². The fourth-order valence-electron chi connectivity index (χ4n) is 2.68. The molecule has 2 atom stereocenters. The summed E-state index contributed by atoms with van der Waals surface area (Å²) >= 11 is 7.26. The lowest BCUT2D eigenvalue weighted by molar-refractivity contribution is 0.0991. The maximum atomic E-state index is 12.8. The average molecular weight is 456 g/mol. The van der Waals surface area contributed by atoms with Crippen LogP contribution in [-0.2, 0) is 0 Å². The second-order valence-electron chi connectivity index (χ2n) is 5.57. The van der Waals surface area contributed by atoms with Crippen molar-refractivity contribution in [1.82, 2.24) is 0 Å². The summed E-state index contributed by atoms with van der Waals surface area (Å²) in [6, 6.07) is 11.1. The van der Waals surface area contributed by atoms with Gasteiger partial charge in [0.15, 0.2) is 5.78 Å². The molecule has 0 heterocycles. The SMILES string of the molecule is COc1ccc(C(=O)[C@H](Br)[C@@H](Br)c2c(C)cc(OC)cc2C)cc1. The van der Waals surface area contributed by atoms with Gasteiger partial charge in [-0.3, -0.25) is 4.79 Å². The van der Waals surface area contributed by atoms with E-state index in [1.54, 1.807) is 38.5 Å². The summed E-state index contributed by atoms with van der Waals surface area (Å²) in [5, 5.41) is 0. The predicted octanol–water partition coefficient (Wildman–Crippen LogP) is 5.40. The van der Waals surface area contributed by atoms with Gasteiger partial charge >= 0.3 is 0 Å². The van der Waals surface area contributed by atoms with Crippen molar-refractivity contribution in [2.24, 2.45) is 0 Å². The number of Topliss-reactive ketones (excluding diaryl/α,β-unsaturated/α-hetero) is 1. The van der Waals surface area contributed by atoms with Gasteiger partial charge in [0.25, 0.3) is 0 Å². The largest absolute Gasteiger partial charge is 0.497 e. The molecule has 0 fully saturated rings. The predicted molar refractivity (Wildman–Crippen MR) is 104 cm³/mol. The molecule has 24 heavy (non-hydrogen) atoms. The number of methoxy groups -OCH3 is 2. The zero-order valence-electron chi connectivity index (χ0n) is 14.1.